The van der Waals surface area contributed by atoms with Crippen molar-refractivity contribution in [3.8, 4) is 5.75 Å². The van der Waals surface area contributed by atoms with Crippen LogP contribution in [0.15, 0.2) is 59.9 Å². The Balaban J connectivity index is 1.55. The molecule has 1 aromatic heterocycles. The van der Waals surface area contributed by atoms with Crippen molar-refractivity contribution in [2.45, 2.75) is 19.6 Å². The number of fused-ring (bicyclic) bond motifs is 2. The standard InChI is InChI=1S/C23H24O6S/c1-3-21(24)27-13-11-26-12-14-28-22(4-2)29-16-9-10-20-18(15-16)23(25)17-7-5-6-8-19(17)30-20/h3,5-10,15,22H,1,4,11-14H2,2H3. The van der Waals surface area contributed by atoms with E-state index >= 15 is 0 Å². The molecule has 1 unspecified atom stereocenters. The molecule has 0 bridgehead atoms. The number of carbonyl (C=O) groups is 1. The molecule has 1 heterocycles. The van der Waals surface area contributed by atoms with Crippen molar-refractivity contribution in [2.24, 2.45) is 0 Å². The normalized spacial score (nSPS) is 12.0. The van der Waals surface area contributed by atoms with Gasteiger partial charge in [0.1, 0.15) is 12.4 Å². The van der Waals surface area contributed by atoms with Gasteiger partial charge < -0.3 is 18.9 Å². The van der Waals surface area contributed by atoms with Crippen LogP contribution in [0.2, 0.25) is 0 Å². The van der Waals surface area contributed by atoms with Gasteiger partial charge in [-0.2, -0.15) is 0 Å². The molecule has 3 aromatic rings. The van der Waals surface area contributed by atoms with Gasteiger partial charge in [0.05, 0.1) is 19.8 Å². The first-order valence-electron chi connectivity index (χ1n) is 9.73. The molecule has 7 heteroatoms. The van der Waals surface area contributed by atoms with E-state index < -0.39 is 12.3 Å². The van der Waals surface area contributed by atoms with Crippen LogP contribution in [-0.2, 0) is 19.0 Å². The van der Waals surface area contributed by atoms with Gasteiger partial charge in [-0.05, 0) is 30.3 Å². The molecule has 3 rings (SSSR count). The van der Waals surface area contributed by atoms with Gasteiger partial charge in [-0.15, -0.1) is 11.3 Å². The molecule has 6 nitrogen and oxygen atoms in total. The first-order chi connectivity index (χ1) is 14.6. The summed E-state index contributed by atoms with van der Waals surface area (Å²) in [5.74, 6) is 0.117. The number of hydrogen-bond donors (Lipinski definition) is 0. The summed E-state index contributed by atoms with van der Waals surface area (Å²) >= 11 is 1.59. The second kappa shape index (κ2) is 10.9. The Morgan fingerprint density at radius 1 is 1.07 bits per heavy atom. The minimum Gasteiger partial charge on any atom is -0.465 e. The van der Waals surface area contributed by atoms with E-state index in [1.807, 2.05) is 43.3 Å². The van der Waals surface area contributed by atoms with Gasteiger partial charge in [0.15, 0.2) is 11.7 Å². The number of ether oxygens (including phenoxy) is 4. The zero-order chi connectivity index (χ0) is 21.3. The van der Waals surface area contributed by atoms with E-state index in [1.54, 1.807) is 17.4 Å². The maximum Gasteiger partial charge on any atom is 0.330 e. The topological polar surface area (TPSA) is 71.1 Å². The van der Waals surface area contributed by atoms with Crippen LogP contribution < -0.4 is 10.2 Å². The van der Waals surface area contributed by atoms with Gasteiger partial charge in [0, 0.05) is 32.7 Å². The Morgan fingerprint density at radius 2 is 1.83 bits per heavy atom. The third-order valence-electron chi connectivity index (χ3n) is 4.32. The lowest BCUT2D eigenvalue weighted by molar-refractivity contribution is -0.139. The summed E-state index contributed by atoms with van der Waals surface area (Å²) in [4.78, 5) is 23.7. The number of rotatable bonds is 11. The average molecular weight is 429 g/mol. The van der Waals surface area contributed by atoms with Crippen LogP contribution in [-0.4, -0.2) is 38.7 Å². The highest BCUT2D eigenvalue weighted by molar-refractivity contribution is 7.24. The molecule has 0 aliphatic rings. The van der Waals surface area contributed by atoms with E-state index in [2.05, 4.69) is 6.58 Å². The van der Waals surface area contributed by atoms with Crippen LogP contribution in [0, 0.1) is 0 Å². The van der Waals surface area contributed by atoms with Gasteiger partial charge in [-0.1, -0.05) is 25.6 Å². The zero-order valence-electron chi connectivity index (χ0n) is 16.8. The Kier molecular flexibility index (Phi) is 7.96. The number of carbonyl (C=O) groups excluding carboxylic acids is 1. The van der Waals surface area contributed by atoms with Crippen LogP contribution >= 0.6 is 11.3 Å². The van der Waals surface area contributed by atoms with Gasteiger partial charge in [0.25, 0.3) is 0 Å². The second-order valence-electron chi connectivity index (χ2n) is 6.40. The van der Waals surface area contributed by atoms with Crippen LogP contribution in [0.25, 0.3) is 20.2 Å². The van der Waals surface area contributed by atoms with Crippen LogP contribution in [0.4, 0.5) is 0 Å². The van der Waals surface area contributed by atoms with Crippen molar-refractivity contribution in [1.82, 2.24) is 0 Å². The molecule has 0 fully saturated rings. The van der Waals surface area contributed by atoms with Crippen LogP contribution in [0.5, 0.6) is 5.75 Å². The maximum absolute atomic E-state index is 12.8. The van der Waals surface area contributed by atoms with Gasteiger partial charge in [-0.25, -0.2) is 4.79 Å². The molecule has 0 radical (unpaired) electrons. The van der Waals surface area contributed by atoms with Crippen molar-refractivity contribution in [1.29, 1.82) is 0 Å². The molecule has 158 valence electrons. The quantitative estimate of drug-likeness (QED) is 0.149. The summed E-state index contributed by atoms with van der Waals surface area (Å²) < 4.78 is 23.7. The van der Waals surface area contributed by atoms with E-state index in [0.29, 0.717) is 36.2 Å². The summed E-state index contributed by atoms with van der Waals surface area (Å²) in [6.07, 6.45) is 1.29. The summed E-state index contributed by atoms with van der Waals surface area (Å²) in [5, 5.41) is 1.36. The van der Waals surface area contributed by atoms with Crippen LogP contribution in [0.3, 0.4) is 0 Å². The van der Waals surface area contributed by atoms with Crippen molar-refractivity contribution < 1.29 is 23.7 Å². The molecule has 0 spiro atoms. The minimum atomic E-state index is -0.472. The van der Waals surface area contributed by atoms with Gasteiger partial charge in [0.2, 0.25) is 0 Å². The molecule has 0 N–H and O–H groups in total. The fraction of sp³-hybridized carbons (Fsp3) is 0.304. The third-order valence-corrected chi connectivity index (χ3v) is 5.47. The smallest absolute Gasteiger partial charge is 0.330 e. The predicted octanol–water partition coefficient (Wildman–Crippen LogP) is 4.29. The van der Waals surface area contributed by atoms with Crippen LogP contribution in [0.1, 0.15) is 13.3 Å². The first kappa shape index (κ1) is 22.0. The van der Waals surface area contributed by atoms with E-state index in [4.69, 9.17) is 18.9 Å². The van der Waals surface area contributed by atoms with E-state index in [0.717, 1.165) is 15.5 Å². The zero-order valence-corrected chi connectivity index (χ0v) is 17.6. The molecule has 30 heavy (non-hydrogen) atoms. The summed E-state index contributed by atoms with van der Waals surface area (Å²) in [7, 11) is 0. The highest BCUT2D eigenvalue weighted by Gasteiger charge is 2.11. The largest absolute Gasteiger partial charge is 0.465 e. The Morgan fingerprint density at radius 3 is 2.63 bits per heavy atom. The summed E-state index contributed by atoms with van der Waals surface area (Å²) in [6.45, 7) is 6.41. The fourth-order valence-corrected chi connectivity index (χ4v) is 3.90. The van der Waals surface area contributed by atoms with Crippen molar-refractivity contribution in [3.63, 3.8) is 0 Å². The lowest BCUT2D eigenvalue weighted by Crippen LogP contribution is -2.22. The number of esters is 1. The first-order valence-corrected chi connectivity index (χ1v) is 10.5. The molecule has 0 saturated heterocycles. The van der Waals surface area contributed by atoms with E-state index in [1.165, 1.54) is 0 Å². The lowest BCUT2D eigenvalue weighted by Gasteiger charge is -2.18. The number of hydrogen-bond acceptors (Lipinski definition) is 7. The average Bonchev–Trinajstić information content (AvgIpc) is 2.78. The van der Waals surface area contributed by atoms with E-state index in [-0.39, 0.29) is 18.6 Å². The Bertz CT molecular complexity index is 1070. The van der Waals surface area contributed by atoms with Gasteiger partial charge in [-0.3, -0.25) is 4.79 Å². The molecule has 1 atom stereocenters. The third kappa shape index (κ3) is 5.66. The Labute approximate surface area is 178 Å². The fourth-order valence-electron chi connectivity index (χ4n) is 2.84. The highest BCUT2D eigenvalue weighted by Crippen LogP contribution is 2.27. The monoisotopic (exact) mass is 428 g/mol. The highest BCUT2D eigenvalue weighted by atomic mass is 32.1. The molecule has 0 aliphatic carbocycles. The lowest BCUT2D eigenvalue weighted by atomic mass is 10.2. The SMILES string of the molecule is C=CC(=O)OCCOCCOC(CC)Oc1ccc2sc3ccccc3c(=O)c2c1. The van der Waals surface area contributed by atoms with Gasteiger partial charge >= 0.3 is 5.97 Å². The second-order valence-corrected chi connectivity index (χ2v) is 7.48. The summed E-state index contributed by atoms with van der Waals surface area (Å²) in [6, 6.07) is 13.1. The van der Waals surface area contributed by atoms with E-state index in [9.17, 15) is 9.59 Å². The molecule has 0 amide bonds. The Hall–Kier alpha value is -2.74. The predicted molar refractivity (Wildman–Crippen MR) is 118 cm³/mol. The molecule has 0 saturated carbocycles. The molecular weight excluding hydrogens is 404 g/mol. The molecule has 0 aliphatic heterocycles. The molecule has 2 aromatic carbocycles. The maximum atomic E-state index is 12.8. The number of benzene rings is 2. The minimum absolute atomic E-state index is 0.00400. The van der Waals surface area contributed by atoms with Crippen molar-refractivity contribution in [3.05, 3.63) is 65.3 Å². The molecular formula is C23H24O6S. The van der Waals surface area contributed by atoms with Crippen molar-refractivity contribution in [2.75, 3.05) is 26.4 Å². The summed E-state index contributed by atoms with van der Waals surface area (Å²) in [5.41, 5.74) is 0.00400. The van der Waals surface area contributed by atoms with Crippen molar-refractivity contribution >= 4 is 37.5 Å².